The minimum absolute atomic E-state index is 1.16. The van der Waals surface area contributed by atoms with Gasteiger partial charge in [-0.1, -0.05) is 59.7 Å². The van der Waals surface area contributed by atoms with E-state index >= 15 is 0 Å². The molecule has 26 heavy (non-hydrogen) atoms. The number of thiophene rings is 2. The lowest BCUT2D eigenvalue weighted by Gasteiger charge is -2.07. The number of benzene rings is 1. The molecule has 0 radical (unpaired) electrons. The fourth-order valence-corrected chi connectivity index (χ4v) is 5.20. The van der Waals surface area contributed by atoms with Crippen LogP contribution in [0.25, 0.3) is 27.6 Å². The van der Waals surface area contributed by atoms with Crippen molar-refractivity contribution in [1.82, 2.24) is 0 Å². The van der Waals surface area contributed by atoms with E-state index < -0.39 is 0 Å². The second kappa shape index (κ2) is 7.61. The van der Waals surface area contributed by atoms with Crippen molar-refractivity contribution in [2.24, 2.45) is 0 Å². The fraction of sp³-hybridized carbons (Fsp3) is 0.167. The summed E-state index contributed by atoms with van der Waals surface area (Å²) in [5.41, 5.74) is 5.45. The minimum Gasteiger partial charge on any atom is -0.135 e. The third-order valence-electron chi connectivity index (χ3n) is 4.61. The zero-order chi connectivity index (χ0) is 17.9. The van der Waals surface area contributed by atoms with Crippen molar-refractivity contribution in [2.45, 2.75) is 26.7 Å². The van der Waals surface area contributed by atoms with E-state index in [-0.39, 0.29) is 0 Å². The van der Waals surface area contributed by atoms with E-state index in [1.165, 1.54) is 47.8 Å². The van der Waals surface area contributed by atoms with Gasteiger partial charge < -0.3 is 0 Å². The molecule has 0 saturated carbocycles. The van der Waals surface area contributed by atoms with Crippen LogP contribution in [0, 0.1) is 6.92 Å². The van der Waals surface area contributed by atoms with Gasteiger partial charge in [-0.15, -0.1) is 22.7 Å². The molecule has 0 saturated heterocycles. The smallest absolute Gasteiger partial charge is 0.0463 e. The van der Waals surface area contributed by atoms with Gasteiger partial charge in [0.15, 0.2) is 0 Å². The highest BCUT2D eigenvalue weighted by Crippen LogP contribution is 2.35. The second-order valence-electron chi connectivity index (χ2n) is 6.86. The zero-order valence-corrected chi connectivity index (χ0v) is 16.8. The summed E-state index contributed by atoms with van der Waals surface area (Å²) in [6, 6.07) is 13.3. The predicted molar refractivity (Wildman–Crippen MR) is 120 cm³/mol. The molecule has 1 aliphatic carbocycles. The summed E-state index contributed by atoms with van der Waals surface area (Å²) < 4.78 is 2.76. The van der Waals surface area contributed by atoms with Crippen molar-refractivity contribution in [2.75, 3.05) is 0 Å². The molecule has 1 aromatic carbocycles. The fourth-order valence-electron chi connectivity index (χ4n) is 2.98. The molecule has 0 fully saturated rings. The molecule has 0 nitrogen and oxygen atoms in total. The molecule has 0 bridgehead atoms. The highest BCUT2D eigenvalue weighted by atomic mass is 32.1. The number of aryl methyl sites for hydroxylation is 1. The molecule has 3 aromatic rings. The monoisotopic (exact) mass is 374 g/mol. The highest BCUT2D eigenvalue weighted by molar-refractivity contribution is 7.28. The van der Waals surface area contributed by atoms with Crippen molar-refractivity contribution in [1.29, 1.82) is 0 Å². The first kappa shape index (κ1) is 17.3. The maximum Gasteiger partial charge on any atom is 0.0463 e. The molecule has 2 aromatic heterocycles. The largest absolute Gasteiger partial charge is 0.135 e. The molecule has 0 unspecified atom stereocenters. The van der Waals surface area contributed by atoms with Crippen molar-refractivity contribution in [3.63, 3.8) is 0 Å². The van der Waals surface area contributed by atoms with Crippen LogP contribution in [0.5, 0.6) is 0 Å². The van der Waals surface area contributed by atoms with E-state index in [4.69, 9.17) is 0 Å². The van der Waals surface area contributed by atoms with Crippen LogP contribution in [0.2, 0.25) is 0 Å². The Balaban J connectivity index is 1.48. The van der Waals surface area contributed by atoms with E-state index in [2.05, 4.69) is 86.7 Å². The summed E-state index contributed by atoms with van der Waals surface area (Å²) in [7, 11) is 0. The third kappa shape index (κ3) is 4.14. The molecule has 2 heteroatoms. The number of allylic oxidation sites excluding steroid dienone is 5. The Morgan fingerprint density at radius 3 is 2.00 bits per heavy atom. The highest BCUT2D eigenvalue weighted by Gasteiger charge is 2.05. The van der Waals surface area contributed by atoms with Gasteiger partial charge in [0.2, 0.25) is 0 Å². The Morgan fingerprint density at radius 1 is 0.731 bits per heavy atom. The molecule has 0 amide bonds. The van der Waals surface area contributed by atoms with Gasteiger partial charge in [0.25, 0.3) is 0 Å². The molecule has 130 valence electrons. The lowest BCUT2D eigenvalue weighted by atomic mass is 9.99. The molecular formula is C24H22S2. The predicted octanol–water partition coefficient (Wildman–Crippen LogP) is 8.12. The van der Waals surface area contributed by atoms with E-state index in [1.807, 2.05) is 22.7 Å². The topological polar surface area (TPSA) is 0 Å². The van der Waals surface area contributed by atoms with Gasteiger partial charge in [0.05, 0.1) is 0 Å². The standard InChI is InChI=1S/C24H22S2/c1-17-3-7-19(8-4-17)11-13-21-15-23-24(25-21)16-22(26-23)14-12-20-9-5-18(2)6-10-20/h3-5,7-9,11-16H,6,10H2,1-2H3/b13-11+,14-12+. The Kier molecular flexibility index (Phi) is 5.05. The van der Waals surface area contributed by atoms with Gasteiger partial charge in [0.1, 0.15) is 0 Å². The molecule has 4 rings (SSSR count). The third-order valence-corrected chi connectivity index (χ3v) is 6.84. The lowest BCUT2D eigenvalue weighted by molar-refractivity contribution is 0.928. The number of hydrogen-bond acceptors (Lipinski definition) is 2. The van der Waals surface area contributed by atoms with E-state index in [1.54, 1.807) is 0 Å². The van der Waals surface area contributed by atoms with E-state index in [0.717, 1.165) is 6.42 Å². The number of hydrogen-bond donors (Lipinski definition) is 0. The molecule has 2 heterocycles. The van der Waals surface area contributed by atoms with Gasteiger partial charge in [-0.2, -0.15) is 0 Å². The molecule has 0 atom stereocenters. The Labute approximate surface area is 163 Å². The second-order valence-corrected chi connectivity index (χ2v) is 9.09. The quantitative estimate of drug-likeness (QED) is 0.432. The number of rotatable bonds is 4. The average molecular weight is 375 g/mol. The Hall–Kier alpha value is -2.16. The summed E-state index contributed by atoms with van der Waals surface area (Å²) in [6.45, 7) is 4.32. The maximum atomic E-state index is 2.31. The zero-order valence-electron chi connectivity index (χ0n) is 15.2. The van der Waals surface area contributed by atoms with E-state index in [0.29, 0.717) is 0 Å². The van der Waals surface area contributed by atoms with Crippen LogP contribution in [0.3, 0.4) is 0 Å². The van der Waals surface area contributed by atoms with Crippen LogP contribution < -0.4 is 0 Å². The van der Waals surface area contributed by atoms with Crippen LogP contribution >= 0.6 is 22.7 Å². The van der Waals surface area contributed by atoms with E-state index in [9.17, 15) is 0 Å². The molecule has 1 aliphatic rings. The lowest BCUT2D eigenvalue weighted by Crippen LogP contribution is -1.87. The first-order chi connectivity index (χ1) is 12.7. The van der Waals surface area contributed by atoms with Gasteiger partial charge in [0, 0.05) is 19.2 Å². The van der Waals surface area contributed by atoms with Crippen LogP contribution in [0.1, 0.15) is 40.6 Å². The summed E-state index contributed by atoms with van der Waals surface area (Å²) in [5, 5.41) is 0. The average Bonchev–Trinajstić information content (AvgIpc) is 3.19. The Bertz CT molecular complexity index is 1000. The van der Waals surface area contributed by atoms with Crippen molar-refractivity contribution >= 4 is 50.3 Å². The molecule has 0 spiro atoms. The first-order valence-corrected chi connectivity index (χ1v) is 10.6. The Morgan fingerprint density at radius 2 is 1.38 bits per heavy atom. The SMILES string of the molecule is CC1=CC=C(/C=C/c2cc3sc(/C=C/c4ccc(C)cc4)cc3s2)CC1. The summed E-state index contributed by atoms with van der Waals surface area (Å²) in [6.07, 6.45) is 15.8. The number of fused-ring (bicyclic) bond motifs is 1. The van der Waals surface area contributed by atoms with Crippen molar-refractivity contribution in [3.8, 4) is 0 Å². The van der Waals surface area contributed by atoms with Gasteiger partial charge >= 0.3 is 0 Å². The van der Waals surface area contributed by atoms with Crippen molar-refractivity contribution in [3.05, 3.63) is 86.7 Å². The van der Waals surface area contributed by atoms with Crippen molar-refractivity contribution < 1.29 is 0 Å². The van der Waals surface area contributed by atoms with Crippen LogP contribution in [0.4, 0.5) is 0 Å². The molecular weight excluding hydrogens is 352 g/mol. The normalized spacial score (nSPS) is 15.2. The van der Waals surface area contributed by atoms with Gasteiger partial charge in [-0.05, 0) is 62.1 Å². The van der Waals surface area contributed by atoms with Crippen LogP contribution in [-0.4, -0.2) is 0 Å². The maximum absolute atomic E-state index is 2.31. The summed E-state index contributed by atoms with van der Waals surface area (Å²) >= 11 is 3.75. The van der Waals surface area contributed by atoms with Crippen LogP contribution in [-0.2, 0) is 0 Å². The van der Waals surface area contributed by atoms with Crippen LogP contribution in [0.15, 0.2) is 65.8 Å². The first-order valence-electron chi connectivity index (χ1n) is 8.98. The van der Waals surface area contributed by atoms with Gasteiger partial charge in [-0.25, -0.2) is 0 Å². The van der Waals surface area contributed by atoms with Gasteiger partial charge in [-0.3, -0.25) is 0 Å². The molecule has 0 aliphatic heterocycles. The minimum atomic E-state index is 1.16. The summed E-state index contributed by atoms with van der Waals surface area (Å²) in [5.74, 6) is 0. The summed E-state index contributed by atoms with van der Waals surface area (Å²) in [4.78, 5) is 2.66. The molecule has 0 N–H and O–H groups in total.